The number of ether oxygens (including phenoxy) is 1. The third-order valence-electron chi connectivity index (χ3n) is 4.01. The van der Waals surface area contributed by atoms with Crippen LogP contribution in [0.25, 0.3) is 0 Å². The van der Waals surface area contributed by atoms with Crippen molar-refractivity contribution in [3.8, 4) is 0 Å². The molecule has 2 rings (SSSR count). The lowest BCUT2D eigenvalue weighted by atomic mass is 10.1. The smallest absolute Gasteiger partial charge is 0.263 e. The lowest BCUT2D eigenvalue weighted by Crippen LogP contribution is -2.38. The van der Waals surface area contributed by atoms with Gasteiger partial charge in [0.15, 0.2) is 0 Å². The van der Waals surface area contributed by atoms with Gasteiger partial charge in [0.05, 0.1) is 6.61 Å². The van der Waals surface area contributed by atoms with Gasteiger partial charge in [-0.3, -0.25) is 9.59 Å². The maximum absolute atomic E-state index is 12.9. The van der Waals surface area contributed by atoms with E-state index < -0.39 is 0 Å². The highest BCUT2D eigenvalue weighted by atomic mass is 32.1. The zero-order valence-corrected chi connectivity index (χ0v) is 14.8. The number of carbonyl (C=O) groups excluding carboxylic acids is 1. The second kappa shape index (κ2) is 7.57. The molecule has 0 saturated carbocycles. The second-order valence-corrected chi connectivity index (χ2v) is 6.32. The molecule has 0 saturated heterocycles. The number of nitrogens with zero attached hydrogens (tertiary/aromatic N) is 2. The molecule has 2 aromatic rings. The lowest BCUT2D eigenvalue weighted by Gasteiger charge is -2.22. The SMILES string of the molecule is COCCN(Cc1ccsc1)C(=O)c1cc(C)c(C)n(C)c1=O. The molecule has 0 aliphatic rings. The quantitative estimate of drug-likeness (QED) is 0.815. The summed E-state index contributed by atoms with van der Waals surface area (Å²) in [5.41, 5.74) is 2.80. The summed E-state index contributed by atoms with van der Waals surface area (Å²) >= 11 is 1.59. The summed E-state index contributed by atoms with van der Waals surface area (Å²) in [5, 5.41) is 3.98. The van der Waals surface area contributed by atoms with Crippen molar-refractivity contribution in [2.24, 2.45) is 7.05 Å². The lowest BCUT2D eigenvalue weighted by molar-refractivity contribution is 0.0678. The maximum Gasteiger partial charge on any atom is 0.263 e. The molecule has 0 bridgehead atoms. The number of pyridine rings is 1. The van der Waals surface area contributed by atoms with Gasteiger partial charge in [-0.15, -0.1) is 0 Å². The molecular weight excluding hydrogens is 312 g/mol. The van der Waals surface area contributed by atoms with E-state index in [1.54, 1.807) is 36.5 Å². The molecule has 0 radical (unpaired) electrons. The summed E-state index contributed by atoms with van der Waals surface area (Å²) < 4.78 is 6.63. The van der Waals surface area contributed by atoms with Crippen molar-refractivity contribution in [2.75, 3.05) is 20.3 Å². The Balaban J connectivity index is 2.35. The Hall–Kier alpha value is -1.92. The number of hydrogen-bond acceptors (Lipinski definition) is 4. The minimum atomic E-state index is -0.258. The Morgan fingerprint density at radius 2 is 2.13 bits per heavy atom. The topological polar surface area (TPSA) is 51.5 Å². The van der Waals surface area contributed by atoms with Crippen molar-refractivity contribution in [1.82, 2.24) is 9.47 Å². The molecule has 0 aromatic carbocycles. The van der Waals surface area contributed by atoms with Crippen molar-refractivity contribution in [1.29, 1.82) is 0 Å². The molecule has 0 aliphatic heterocycles. The number of amides is 1. The van der Waals surface area contributed by atoms with Crippen molar-refractivity contribution in [3.05, 3.63) is 55.6 Å². The van der Waals surface area contributed by atoms with Gasteiger partial charge in [0.1, 0.15) is 5.56 Å². The standard InChI is InChI=1S/C17H22N2O3S/c1-12-9-15(16(20)18(3)13(12)2)17(21)19(6-7-22-4)10-14-5-8-23-11-14/h5,8-9,11H,6-7,10H2,1-4H3. The largest absolute Gasteiger partial charge is 0.383 e. The molecular formula is C17H22N2O3S. The summed E-state index contributed by atoms with van der Waals surface area (Å²) in [5.74, 6) is -0.253. The van der Waals surface area contributed by atoms with Gasteiger partial charge >= 0.3 is 0 Å². The molecule has 0 fully saturated rings. The van der Waals surface area contributed by atoms with Crippen LogP contribution in [0.3, 0.4) is 0 Å². The van der Waals surface area contributed by atoms with Crippen LogP contribution in [0.15, 0.2) is 27.7 Å². The number of aromatic nitrogens is 1. The van der Waals surface area contributed by atoms with E-state index in [-0.39, 0.29) is 17.0 Å². The van der Waals surface area contributed by atoms with Gasteiger partial charge in [-0.25, -0.2) is 0 Å². The van der Waals surface area contributed by atoms with Crippen LogP contribution in [0.5, 0.6) is 0 Å². The fraction of sp³-hybridized carbons (Fsp3) is 0.412. The summed E-state index contributed by atoms with van der Waals surface area (Å²) in [7, 11) is 3.29. The van der Waals surface area contributed by atoms with Gasteiger partial charge in [-0.2, -0.15) is 11.3 Å². The Morgan fingerprint density at radius 3 is 2.74 bits per heavy atom. The first-order chi connectivity index (χ1) is 11.0. The molecule has 124 valence electrons. The fourth-order valence-electron chi connectivity index (χ4n) is 2.36. The number of methoxy groups -OCH3 is 1. The van der Waals surface area contributed by atoms with Crippen LogP contribution < -0.4 is 5.56 Å². The minimum Gasteiger partial charge on any atom is -0.383 e. The summed E-state index contributed by atoms with van der Waals surface area (Å²) in [6.07, 6.45) is 0. The van der Waals surface area contributed by atoms with Crippen LogP contribution in [0.1, 0.15) is 27.2 Å². The summed E-state index contributed by atoms with van der Waals surface area (Å²) in [6.45, 7) is 5.13. The zero-order valence-electron chi connectivity index (χ0n) is 14.0. The van der Waals surface area contributed by atoms with Crippen molar-refractivity contribution >= 4 is 17.2 Å². The van der Waals surface area contributed by atoms with E-state index in [0.717, 1.165) is 16.8 Å². The molecule has 0 N–H and O–H groups in total. The third kappa shape index (κ3) is 3.89. The first-order valence-corrected chi connectivity index (χ1v) is 8.36. The molecule has 6 heteroatoms. The second-order valence-electron chi connectivity index (χ2n) is 5.54. The molecule has 0 unspecified atom stereocenters. The molecule has 1 amide bonds. The van der Waals surface area contributed by atoms with E-state index in [2.05, 4.69) is 0 Å². The van der Waals surface area contributed by atoms with Crippen LogP contribution in [0, 0.1) is 13.8 Å². The molecule has 0 spiro atoms. The first kappa shape index (κ1) is 17.4. The minimum absolute atomic E-state index is 0.210. The highest BCUT2D eigenvalue weighted by molar-refractivity contribution is 7.07. The van der Waals surface area contributed by atoms with Gasteiger partial charge in [0.2, 0.25) is 0 Å². The molecule has 2 heterocycles. The molecule has 0 atom stereocenters. The normalized spacial score (nSPS) is 10.8. The van der Waals surface area contributed by atoms with E-state index in [1.807, 2.05) is 30.7 Å². The first-order valence-electron chi connectivity index (χ1n) is 7.42. The van der Waals surface area contributed by atoms with Gasteiger partial charge in [-0.1, -0.05) is 0 Å². The Labute approximate surface area is 140 Å². The van der Waals surface area contributed by atoms with E-state index in [0.29, 0.717) is 19.7 Å². The van der Waals surface area contributed by atoms with Crippen molar-refractivity contribution in [2.45, 2.75) is 20.4 Å². The predicted molar refractivity (Wildman–Crippen MR) is 92.1 cm³/mol. The average molecular weight is 334 g/mol. The summed E-state index contributed by atoms with van der Waals surface area (Å²) in [6, 6.07) is 3.67. The van der Waals surface area contributed by atoms with Crippen LogP contribution in [0.4, 0.5) is 0 Å². The van der Waals surface area contributed by atoms with Crippen LogP contribution in [-0.4, -0.2) is 35.6 Å². The van der Waals surface area contributed by atoms with Crippen molar-refractivity contribution < 1.29 is 9.53 Å². The van der Waals surface area contributed by atoms with E-state index in [9.17, 15) is 9.59 Å². The monoisotopic (exact) mass is 334 g/mol. The Kier molecular flexibility index (Phi) is 5.74. The average Bonchev–Trinajstić information content (AvgIpc) is 3.05. The van der Waals surface area contributed by atoms with E-state index in [4.69, 9.17) is 4.74 Å². The van der Waals surface area contributed by atoms with E-state index >= 15 is 0 Å². The number of thiophene rings is 1. The fourth-order valence-corrected chi connectivity index (χ4v) is 3.02. The Morgan fingerprint density at radius 1 is 1.39 bits per heavy atom. The summed E-state index contributed by atoms with van der Waals surface area (Å²) in [4.78, 5) is 27.0. The molecule has 23 heavy (non-hydrogen) atoms. The molecule has 2 aromatic heterocycles. The number of carbonyl (C=O) groups is 1. The Bertz CT molecular complexity index is 735. The van der Waals surface area contributed by atoms with Gasteiger partial charge < -0.3 is 14.2 Å². The number of hydrogen-bond donors (Lipinski definition) is 0. The number of rotatable bonds is 6. The van der Waals surface area contributed by atoms with Crippen LogP contribution in [-0.2, 0) is 18.3 Å². The van der Waals surface area contributed by atoms with Crippen molar-refractivity contribution in [3.63, 3.8) is 0 Å². The van der Waals surface area contributed by atoms with Gasteiger partial charge in [0.25, 0.3) is 11.5 Å². The van der Waals surface area contributed by atoms with Crippen LogP contribution >= 0.6 is 11.3 Å². The maximum atomic E-state index is 12.9. The highest BCUT2D eigenvalue weighted by Gasteiger charge is 2.21. The zero-order chi connectivity index (χ0) is 17.0. The highest BCUT2D eigenvalue weighted by Crippen LogP contribution is 2.13. The number of aryl methyl sites for hydroxylation is 1. The van der Waals surface area contributed by atoms with Gasteiger partial charge in [0, 0.05) is 32.9 Å². The van der Waals surface area contributed by atoms with Gasteiger partial charge in [-0.05, 0) is 47.9 Å². The molecule has 0 aliphatic carbocycles. The molecule has 5 nitrogen and oxygen atoms in total. The van der Waals surface area contributed by atoms with Crippen LogP contribution in [0.2, 0.25) is 0 Å². The van der Waals surface area contributed by atoms with E-state index in [1.165, 1.54) is 4.57 Å². The third-order valence-corrected chi connectivity index (χ3v) is 4.74. The predicted octanol–water partition coefficient (Wildman–Crippen LogP) is 2.35.